The molecule has 12 heavy (non-hydrogen) atoms. The van der Waals surface area contributed by atoms with E-state index in [4.69, 9.17) is 0 Å². The monoisotopic (exact) mass is 174 g/mol. The molecule has 5 heteroatoms. The molecule has 0 aromatic carbocycles. The molecule has 64 valence electrons. The predicted octanol–water partition coefficient (Wildman–Crippen LogP) is 0.819. The first kappa shape index (κ1) is 8.58. The molecule has 0 unspecified atom stereocenters. The van der Waals surface area contributed by atoms with Crippen LogP contribution in [0.15, 0.2) is 23.5 Å². The number of allylic oxidation sites excluding steroid dienone is 3. The maximum Gasteiger partial charge on any atom is 0.253 e. The van der Waals surface area contributed by atoms with Crippen LogP contribution in [0.25, 0.3) is 0 Å². The number of carbonyl (C=O) groups is 2. The Bertz CT molecular complexity index is 315. The van der Waals surface area contributed by atoms with Crippen molar-refractivity contribution in [2.24, 2.45) is 0 Å². The van der Waals surface area contributed by atoms with Crippen molar-refractivity contribution < 1.29 is 23.1 Å². The maximum absolute atomic E-state index is 12.6. The molecule has 0 atom stereocenters. The quantitative estimate of drug-likeness (QED) is 0.552. The van der Waals surface area contributed by atoms with Crippen LogP contribution in [-0.2, 0) is 14.3 Å². The molecular formula is C7H4F2O3. The second kappa shape index (κ2) is 2.84. The second-order valence-electron chi connectivity index (χ2n) is 2.03. The number of carbonyl (C=O) groups excluding carboxylic acids is 2. The highest BCUT2D eigenvalue weighted by Crippen LogP contribution is 2.20. The largest absolute Gasteiger partial charge is 0.490 e. The average Bonchev–Trinajstić information content (AvgIpc) is 2.01. The Morgan fingerprint density at radius 3 is 2.42 bits per heavy atom. The molecule has 0 aromatic rings. The van der Waals surface area contributed by atoms with Gasteiger partial charge in [-0.05, 0) is 0 Å². The lowest BCUT2D eigenvalue weighted by atomic mass is 10.1. The van der Waals surface area contributed by atoms with Crippen molar-refractivity contribution in [3.8, 4) is 0 Å². The molecule has 0 aromatic heterocycles. The summed E-state index contributed by atoms with van der Waals surface area (Å²) in [6.45, 7) is 0. The van der Waals surface area contributed by atoms with E-state index in [1.807, 2.05) is 0 Å². The lowest BCUT2D eigenvalue weighted by Gasteiger charge is -2.07. The summed E-state index contributed by atoms with van der Waals surface area (Å²) in [7, 11) is 1.02. The molecule has 0 N–H and O–H groups in total. The van der Waals surface area contributed by atoms with Crippen LogP contribution in [0.1, 0.15) is 0 Å². The summed E-state index contributed by atoms with van der Waals surface area (Å²) in [5.41, 5.74) is 0. The number of ketones is 2. The van der Waals surface area contributed by atoms with E-state index in [9.17, 15) is 18.4 Å². The molecule has 0 saturated heterocycles. The minimum atomic E-state index is -1.48. The lowest BCUT2D eigenvalue weighted by Crippen LogP contribution is -2.16. The summed E-state index contributed by atoms with van der Waals surface area (Å²) in [5.74, 6) is -6.07. The molecule has 0 aliphatic heterocycles. The van der Waals surface area contributed by atoms with E-state index < -0.39 is 29.0 Å². The van der Waals surface area contributed by atoms with Crippen LogP contribution in [-0.4, -0.2) is 18.7 Å². The molecule has 0 heterocycles. The Morgan fingerprint density at radius 1 is 1.33 bits per heavy atom. The van der Waals surface area contributed by atoms with Gasteiger partial charge in [-0.1, -0.05) is 0 Å². The lowest BCUT2D eigenvalue weighted by molar-refractivity contribution is -0.120. The molecule has 0 spiro atoms. The third-order valence-electron chi connectivity index (χ3n) is 1.30. The van der Waals surface area contributed by atoms with Crippen molar-refractivity contribution in [2.45, 2.75) is 0 Å². The predicted molar refractivity (Wildman–Crippen MR) is 34.3 cm³/mol. The van der Waals surface area contributed by atoms with E-state index in [1.54, 1.807) is 0 Å². The van der Waals surface area contributed by atoms with Crippen molar-refractivity contribution in [1.29, 1.82) is 0 Å². The Balaban J connectivity index is 3.17. The number of rotatable bonds is 1. The molecule has 0 amide bonds. The molecule has 1 rings (SSSR count). The second-order valence-corrected chi connectivity index (χ2v) is 2.03. The summed E-state index contributed by atoms with van der Waals surface area (Å²) < 4.78 is 29.3. The highest BCUT2D eigenvalue weighted by atomic mass is 19.1. The SMILES string of the molecule is COC1=C(F)C(=O)C(F)=CC1=O. The molecule has 0 fully saturated rings. The zero-order valence-corrected chi connectivity index (χ0v) is 6.06. The third-order valence-corrected chi connectivity index (χ3v) is 1.30. The van der Waals surface area contributed by atoms with Crippen LogP contribution in [0.3, 0.4) is 0 Å². The third kappa shape index (κ3) is 1.13. The van der Waals surface area contributed by atoms with Gasteiger partial charge in [-0.25, -0.2) is 4.39 Å². The molecule has 3 nitrogen and oxygen atoms in total. The van der Waals surface area contributed by atoms with Crippen LogP contribution in [0, 0.1) is 0 Å². The highest BCUT2D eigenvalue weighted by molar-refractivity contribution is 6.19. The van der Waals surface area contributed by atoms with Gasteiger partial charge in [0, 0.05) is 6.08 Å². The number of hydrogen-bond donors (Lipinski definition) is 0. The first-order valence-electron chi connectivity index (χ1n) is 2.98. The normalized spacial score (nSPS) is 18.1. The van der Waals surface area contributed by atoms with Gasteiger partial charge >= 0.3 is 0 Å². The fraction of sp³-hybridized carbons (Fsp3) is 0.143. The molecule has 1 aliphatic carbocycles. The molecule has 1 aliphatic rings. The van der Waals surface area contributed by atoms with Gasteiger partial charge in [0.2, 0.25) is 17.4 Å². The van der Waals surface area contributed by atoms with E-state index in [2.05, 4.69) is 4.74 Å². The van der Waals surface area contributed by atoms with E-state index >= 15 is 0 Å². The van der Waals surface area contributed by atoms with Gasteiger partial charge in [0.1, 0.15) is 0 Å². The van der Waals surface area contributed by atoms with E-state index in [0.717, 1.165) is 7.11 Å². The van der Waals surface area contributed by atoms with Gasteiger partial charge in [-0.3, -0.25) is 9.59 Å². The molecular weight excluding hydrogens is 170 g/mol. The van der Waals surface area contributed by atoms with Gasteiger partial charge in [0.15, 0.2) is 5.83 Å². The zero-order chi connectivity index (χ0) is 9.30. The first-order chi connectivity index (χ1) is 5.57. The Labute approximate surface area is 66.3 Å². The fourth-order valence-electron chi connectivity index (χ4n) is 0.753. The standard InChI is InChI=1S/C7H4F2O3/c1-12-7-4(10)2-3(8)6(11)5(7)9/h2H,1H3. The van der Waals surface area contributed by atoms with Gasteiger partial charge in [-0.2, -0.15) is 4.39 Å². The smallest absolute Gasteiger partial charge is 0.253 e. The molecule has 0 saturated carbocycles. The van der Waals surface area contributed by atoms with Gasteiger partial charge in [0.05, 0.1) is 7.11 Å². The van der Waals surface area contributed by atoms with Gasteiger partial charge in [0.25, 0.3) is 5.78 Å². The van der Waals surface area contributed by atoms with Gasteiger partial charge in [-0.15, -0.1) is 0 Å². The zero-order valence-electron chi connectivity index (χ0n) is 6.06. The number of Topliss-reactive ketones (excluding diaryl/α,β-unsaturated/α-hetero) is 1. The maximum atomic E-state index is 12.6. The Hall–Kier alpha value is -1.52. The van der Waals surface area contributed by atoms with Crippen molar-refractivity contribution >= 4 is 11.6 Å². The van der Waals surface area contributed by atoms with Crippen molar-refractivity contribution in [2.75, 3.05) is 7.11 Å². The summed E-state index contributed by atoms with van der Waals surface area (Å²) >= 11 is 0. The summed E-state index contributed by atoms with van der Waals surface area (Å²) in [5, 5.41) is 0. The van der Waals surface area contributed by atoms with Crippen LogP contribution in [0.2, 0.25) is 0 Å². The van der Waals surface area contributed by atoms with Gasteiger partial charge < -0.3 is 4.74 Å². The van der Waals surface area contributed by atoms with E-state index in [1.165, 1.54) is 0 Å². The van der Waals surface area contributed by atoms with Crippen LogP contribution in [0.5, 0.6) is 0 Å². The highest BCUT2D eigenvalue weighted by Gasteiger charge is 2.30. The summed E-state index contributed by atoms with van der Waals surface area (Å²) in [6, 6.07) is 0. The number of hydrogen-bond acceptors (Lipinski definition) is 3. The van der Waals surface area contributed by atoms with Crippen molar-refractivity contribution in [1.82, 2.24) is 0 Å². The minimum Gasteiger partial charge on any atom is -0.490 e. The number of methoxy groups -OCH3 is 1. The van der Waals surface area contributed by atoms with Crippen LogP contribution in [0.4, 0.5) is 8.78 Å². The first-order valence-corrected chi connectivity index (χ1v) is 2.98. The van der Waals surface area contributed by atoms with Crippen LogP contribution < -0.4 is 0 Å². The Morgan fingerprint density at radius 2 is 1.92 bits per heavy atom. The summed E-state index contributed by atoms with van der Waals surface area (Å²) in [4.78, 5) is 21.2. The van der Waals surface area contributed by atoms with Crippen molar-refractivity contribution in [3.05, 3.63) is 23.5 Å². The van der Waals surface area contributed by atoms with E-state index in [0.29, 0.717) is 6.08 Å². The topological polar surface area (TPSA) is 43.4 Å². The van der Waals surface area contributed by atoms with E-state index in [-0.39, 0.29) is 0 Å². The number of ether oxygens (including phenoxy) is 1. The average molecular weight is 174 g/mol. The number of halogens is 2. The molecule has 0 radical (unpaired) electrons. The summed E-state index contributed by atoms with van der Waals surface area (Å²) in [6.07, 6.45) is 0.393. The van der Waals surface area contributed by atoms with Crippen molar-refractivity contribution in [3.63, 3.8) is 0 Å². The van der Waals surface area contributed by atoms with Crippen LogP contribution >= 0.6 is 0 Å². The Kier molecular flexibility index (Phi) is 2.03. The minimum absolute atomic E-state index is 0.393. The fourth-order valence-corrected chi connectivity index (χ4v) is 0.753. The molecule has 0 bridgehead atoms.